The van der Waals surface area contributed by atoms with Crippen molar-refractivity contribution < 1.29 is 9.90 Å². The van der Waals surface area contributed by atoms with Gasteiger partial charge in [-0.2, -0.15) is 0 Å². The summed E-state index contributed by atoms with van der Waals surface area (Å²) in [5.74, 6) is 1.85. The van der Waals surface area contributed by atoms with Crippen LogP contribution < -0.4 is 5.32 Å². The van der Waals surface area contributed by atoms with Gasteiger partial charge in [-0.05, 0) is 12.8 Å². The fourth-order valence-corrected chi connectivity index (χ4v) is 0.643. The van der Waals surface area contributed by atoms with Crippen LogP contribution in [0.2, 0.25) is 0 Å². The number of hydrogen-bond acceptors (Lipinski definition) is 2. The molecule has 0 radical (unpaired) electrons. The molecule has 68 valence electrons. The highest BCUT2D eigenvalue weighted by Gasteiger charge is 2.19. The Bertz CT molecular complexity index is 193. The van der Waals surface area contributed by atoms with E-state index >= 15 is 0 Å². The third kappa shape index (κ3) is 3.40. The summed E-state index contributed by atoms with van der Waals surface area (Å²) >= 11 is 0. The van der Waals surface area contributed by atoms with E-state index in [9.17, 15) is 9.90 Å². The Morgan fingerprint density at radius 2 is 2.00 bits per heavy atom. The first-order valence-electron chi connectivity index (χ1n) is 3.93. The lowest BCUT2D eigenvalue weighted by Crippen LogP contribution is -2.41. The number of terminal acetylenes is 1. The largest absolute Gasteiger partial charge is 0.383 e. The molecule has 0 spiro atoms. The van der Waals surface area contributed by atoms with Crippen molar-refractivity contribution in [3.05, 3.63) is 0 Å². The van der Waals surface area contributed by atoms with Gasteiger partial charge < -0.3 is 10.4 Å². The summed E-state index contributed by atoms with van der Waals surface area (Å²) < 4.78 is 0. The molecule has 12 heavy (non-hydrogen) atoms. The van der Waals surface area contributed by atoms with E-state index < -0.39 is 12.0 Å². The third-order valence-corrected chi connectivity index (χ3v) is 1.51. The number of aliphatic hydroxyl groups is 1. The van der Waals surface area contributed by atoms with Crippen molar-refractivity contribution in [3.8, 4) is 12.3 Å². The minimum absolute atomic E-state index is 0.0880. The number of nitrogens with one attached hydrogen (secondary N) is 1. The lowest BCUT2D eigenvalue weighted by atomic mass is 10.1. The van der Waals surface area contributed by atoms with Gasteiger partial charge in [0.2, 0.25) is 5.91 Å². The molecule has 0 aromatic carbocycles. The average Bonchev–Trinajstić information content (AvgIpc) is 2.02. The summed E-state index contributed by atoms with van der Waals surface area (Å²) in [6, 6.07) is -0.328. The predicted octanol–water partition coefficient (Wildman–Crippen LogP) is 0.141. The first kappa shape index (κ1) is 11.0. The van der Waals surface area contributed by atoms with Crippen LogP contribution in [0.15, 0.2) is 0 Å². The zero-order valence-corrected chi connectivity index (χ0v) is 7.66. The molecule has 0 bridgehead atoms. The van der Waals surface area contributed by atoms with Crippen LogP contribution in [0.4, 0.5) is 0 Å². The molecule has 0 aromatic rings. The Kier molecular flexibility index (Phi) is 4.38. The molecular weight excluding hydrogens is 154 g/mol. The minimum atomic E-state index is -0.971. The molecule has 0 aliphatic rings. The molecule has 0 fully saturated rings. The van der Waals surface area contributed by atoms with Crippen molar-refractivity contribution in [2.75, 3.05) is 0 Å². The van der Waals surface area contributed by atoms with Gasteiger partial charge in [-0.3, -0.25) is 4.79 Å². The molecule has 0 aliphatic heterocycles. The molecule has 1 unspecified atom stereocenters. The van der Waals surface area contributed by atoms with Gasteiger partial charge in [0, 0.05) is 0 Å². The molecule has 3 nitrogen and oxygen atoms in total. The second-order valence-corrected chi connectivity index (χ2v) is 3.09. The Balaban J connectivity index is 3.98. The van der Waals surface area contributed by atoms with Crippen LogP contribution in [-0.2, 0) is 4.79 Å². The normalized spacial score (nSPS) is 15.0. The van der Waals surface area contributed by atoms with Crippen molar-refractivity contribution in [2.24, 2.45) is 5.92 Å². The number of carbonyl (C=O) groups is 1. The van der Waals surface area contributed by atoms with E-state index in [-0.39, 0.29) is 12.0 Å². The summed E-state index contributed by atoms with van der Waals surface area (Å²) in [6.07, 6.45) is 4.08. The maximum Gasteiger partial charge on any atom is 0.250 e. The number of amides is 1. The zero-order valence-electron chi connectivity index (χ0n) is 7.66. The Labute approximate surface area is 73.2 Å². The van der Waals surface area contributed by atoms with Gasteiger partial charge in [0.05, 0.1) is 6.04 Å². The van der Waals surface area contributed by atoms with Gasteiger partial charge in [-0.15, -0.1) is 6.42 Å². The van der Waals surface area contributed by atoms with Gasteiger partial charge in [0.1, 0.15) is 6.10 Å². The molecule has 2 N–H and O–H groups in total. The second kappa shape index (κ2) is 4.78. The molecule has 0 aliphatic carbocycles. The SMILES string of the molecule is C#CC(C)NC(=O)[C@H](O)C(C)C. The maximum atomic E-state index is 11.1. The van der Waals surface area contributed by atoms with Crippen LogP contribution in [0.1, 0.15) is 20.8 Å². The smallest absolute Gasteiger partial charge is 0.250 e. The highest BCUT2D eigenvalue weighted by Crippen LogP contribution is 2.00. The van der Waals surface area contributed by atoms with Crippen molar-refractivity contribution in [1.82, 2.24) is 5.32 Å². The average molecular weight is 169 g/mol. The second-order valence-electron chi connectivity index (χ2n) is 3.09. The number of aliphatic hydroxyl groups excluding tert-OH is 1. The van der Waals surface area contributed by atoms with E-state index in [1.807, 2.05) is 0 Å². The predicted molar refractivity (Wildman–Crippen MR) is 47.3 cm³/mol. The topological polar surface area (TPSA) is 49.3 Å². The summed E-state index contributed by atoms with van der Waals surface area (Å²) in [5.41, 5.74) is 0. The monoisotopic (exact) mass is 169 g/mol. The zero-order chi connectivity index (χ0) is 9.72. The standard InChI is InChI=1S/C9H15NO2/c1-5-7(4)10-9(12)8(11)6(2)3/h1,6-8,11H,2-4H3,(H,10,12)/t7?,8-/m1/s1. The van der Waals surface area contributed by atoms with E-state index in [0.717, 1.165) is 0 Å². The van der Waals surface area contributed by atoms with E-state index in [0.29, 0.717) is 0 Å². The maximum absolute atomic E-state index is 11.1. The van der Waals surface area contributed by atoms with E-state index in [1.165, 1.54) is 0 Å². The number of carbonyl (C=O) groups excluding carboxylic acids is 1. The highest BCUT2D eigenvalue weighted by atomic mass is 16.3. The van der Waals surface area contributed by atoms with E-state index in [2.05, 4.69) is 11.2 Å². The molecule has 0 rings (SSSR count). The molecular formula is C9H15NO2. The Morgan fingerprint density at radius 3 is 2.33 bits per heavy atom. The molecule has 0 saturated heterocycles. The van der Waals surface area contributed by atoms with Crippen molar-refractivity contribution >= 4 is 5.91 Å². The molecule has 0 aromatic heterocycles. The van der Waals surface area contributed by atoms with Crippen LogP contribution in [-0.4, -0.2) is 23.2 Å². The van der Waals surface area contributed by atoms with E-state index in [1.54, 1.807) is 20.8 Å². The van der Waals surface area contributed by atoms with Crippen LogP contribution in [0.3, 0.4) is 0 Å². The van der Waals surface area contributed by atoms with Gasteiger partial charge in [-0.25, -0.2) is 0 Å². The van der Waals surface area contributed by atoms with Crippen LogP contribution in [0.25, 0.3) is 0 Å². The lowest BCUT2D eigenvalue weighted by molar-refractivity contribution is -0.131. The third-order valence-electron chi connectivity index (χ3n) is 1.51. The fourth-order valence-electron chi connectivity index (χ4n) is 0.643. The van der Waals surface area contributed by atoms with Gasteiger partial charge in [0.15, 0.2) is 0 Å². The first-order valence-corrected chi connectivity index (χ1v) is 3.93. The fraction of sp³-hybridized carbons (Fsp3) is 0.667. The highest BCUT2D eigenvalue weighted by molar-refractivity contribution is 5.81. The van der Waals surface area contributed by atoms with Crippen LogP contribution >= 0.6 is 0 Å². The van der Waals surface area contributed by atoms with Gasteiger partial charge in [-0.1, -0.05) is 19.8 Å². The minimum Gasteiger partial charge on any atom is -0.383 e. The molecule has 0 heterocycles. The van der Waals surface area contributed by atoms with Crippen molar-refractivity contribution in [3.63, 3.8) is 0 Å². The van der Waals surface area contributed by atoms with Gasteiger partial charge >= 0.3 is 0 Å². The quantitative estimate of drug-likeness (QED) is 0.590. The van der Waals surface area contributed by atoms with E-state index in [4.69, 9.17) is 6.42 Å². The van der Waals surface area contributed by atoms with Crippen molar-refractivity contribution in [1.29, 1.82) is 0 Å². The van der Waals surface area contributed by atoms with Crippen molar-refractivity contribution in [2.45, 2.75) is 32.9 Å². The number of hydrogen-bond donors (Lipinski definition) is 2. The molecule has 3 heteroatoms. The molecule has 0 saturated carbocycles. The van der Waals surface area contributed by atoms with Gasteiger partial charge in [0.25, 0.3) is 0 Å². The Morgan fingerprint density at radius 1 is 1.50 bits per heavy atom. The Hall–Kier alpha value is -1.01. The summed E-state index contributed by atoms with van der Waals surface area (Å²) in [4.78, 5) is 11.1. The molecule has 1 amide bonds. The van der Waals surface area contributed by atoms with Crippen LogP contribution in [0, 0.1) is 18.3 Å². The summed E-state index contributed by atoms with van der Waals surface area (Å²) in [6.45, 7) is 5.22. The molecule has 2 atom stereocenters. The van der Waals surface area contributed by atoms with Crippen LogP contribution in [0.5, 0.6) is 0 Å². The summed E-state index contributed by atoms with van der Waals surface area (Å²) in [5, 5.41) is 11.7. The first-order chi connectivity index (χ1) is 5.49. The lowest BCUT2D eigenvalue weighted by Gasteiger charge is -2.15. The summed E-state index contributed by atoms with van der Waals surface area (Å²) in [7, 11) is 0. The number of rotatable bonds is 3.